The van der Waals surface area contributed by atoms with E-state index in [0.717, 1.165) is 17.9 Å². The zero-order valence-electron chi connectivity index (χ0n) is 12.2. The molecule has 0 saturated carbocycles. The lowest BCUT2D eigenvalue weighted by atomic mass is 10.0. The quantitative estimate of drug-likeness (QED) is 0.891. The van der Waals surface area contributed by atoms with Crippen molar-refractivity contribution in [1.29, 1.82) is 0 Å². The molecular weight excluding hydrogens is 234 g/mol. The molecule has 1 aromatic heterocycles. The number of likely N-dealkylation sites (N-methyl/N-ethyl adjacent to an activating group) is 1. The van der Waals surface area contributed by atoms with E-state index in [1.807, 2.05) is 18.2 Å². The summed E-state index contributed by atoms with van der Waals surface area (Å²) < 4.78 is 0. The van der Waals surface area contributed by atoms with Crippen LogP contribution in [0.5, 0.6) is 0 Å². The van der Waals surface area contributed by atoms with Crippen molar-refractivity contribution in [2.75, 3.05) is 26.0 Å². The van der Waals surface area contributed by atoms with Gasteiger partial charge < -0.3 is 10.2 Å². The largest absolute Gasteiger partial charge is 0.368 e. The van der Waals surface area contributed by atoms with E-state index in [-0.39, 0.29) is 0 Å². The monoisotopic (exact) mass is 257 g/mol. The molecule has 2 aromatic rings. The van der Waals surface area contributed by atoms with Gasteiger partial charge in [0.15, 0.2) is 0 Å². The van der Waals surface area contributed by atoms with Crippen molar-refractivity contribution in [2.45, 2.75) is 19.9 Å². The Labute approximate surface area is 115 Å². The topological polar surface area (TPSA) is 28.2 Å². The van der Waals surface area contributed by atoms with Crippen molar-refractivity contribution in [3.8, 4) is 0 Å². The van der Waals surface area contributed by atoms with Crippen molar-refractivity contribution >= 4 is 16.7 Å². The molecule has 0 saturated heterocycles. The van der Waals surface area contributed by atoms with Crippen LogP contribution in [-0.4, -0.2) is 36.6 Å². The maximum absolute atomic E-state index is 4.64. The average Bonchev–Trinajstić information content (AvgIpc) is 2.38. The fraction of sp³-hybridized carbons (Fsp3) is 0.438. The van der Waals surface area contributed by atoms with Crippen LogP contribution in [0, 0.1) is 5.92 Å². The lowest BCUT2D eigenvalue weighted by molar-refractivity contribution is 0.243. The number of aromatic nitrogens is 1. The minimum absolute atomic E-state index is 0.508. The third kappa shape index (κ3) is 3.44. The lowest BCUT2D eigenvalue weighted by Crippen LogP contribution is -2.38. The second-order valence-electron chi connectivity index (χ2n) is 5.55. The SMILES string of the molecule is CC(C)C(CNc1ccc2ccccc2n1)N(C)C. The highest BCUT2D eigenvalue weighted by molar-refractivity contribution is 5.80. The van der Waals surface area contributed by atoms with Crippen LogP contribution in [-0.2, 0) is 0 Å². The minimum atomic E-state index is 0.508. The van der Waals surface area contributed by atoms with Gasteiger partial charge >= 0.3 is 0 Å². The van der Waals surface area contributed by atoms with E-state index < -0.39 is 0 Å². The van der Waals surface area contributed by atoms with Crippen LogP contribution in [0.15, 0.2) is 36.4 Å². The molecule has 3 nitrogen and oxygen atoms in total. The van der Waals surface area contributed by atoms with Crippen molar-refractivity contribution in [2.24, 2.45) is 5.92 Å². The second kappa shape index (κ2) is 6.02. The fourth-order valence-electron chi connectivity index (χ4n) is 2.39. The Balaban J connectivity index is 2.09. The molecule has 1 N–H and O–H groups in total. The molecule has 0 amide bonds. The Morgan fingerprint density at radius 2 is 1.84 bits per heavy atom. The van der Waals surface area contributed by atoms with Gasteiger partial charge in [-0.15, -0.1) is 0 Å². The number of anilines is 1. The van der Waals surface area contributed by atoms with E-state index in [1.54, 1.807) is 0 Å². The summed E-state index contributed by atoms with van der Waals surface area (Å²) in [5, 5.41) is 4.63. The number of benzene rings is 1. The number of pyridine rings is 1. The molecule has 2 rings (SSSR count). The molecular formula is C16H23N3. The van der Waals surface area contributed by atoms with Gasteiger partial charge in [0.05, 0.1) is 5.52 Å². The number of rotatable bonds is 5. The lowest BCUT2D eigenvalue weighted by Gasteiger charge is -2.28. The summed E-state index contributed by atoms with van der Waals surface area (Å²) in [6, 6.07) is 12.9. The van der Waals surface area contributed by atoms with Crippen LogP contribution in [0.1, 0.15) is 13.8 Å². The third-order valence-corrected chi connectivity index (χ3v) is 3.52. The van der Waals surface area contributed by atoms with E-state index >= 15 is 0 Å². The molecule has 0 spiro atoms. The molecule has 3 heteroatoms. The van der Waals surface area contributed by atoms with Crippen molar-refractivity contribution in [1.82, 2.24) is 9.88 Å². The Kier molecular flexibility index (Phi) is 4.38. The van der Waals surface area contributed by atoms with E-state index in [0.29, 0.717) is 12.0 Å². The first-order chi connectivity index (χ1) is 9.08. The van der Waals surface area contributed by atoms with Gasteiger partial charge in [-0.05, 0) is 38.2 Å². The summed E-state index contributed by atoms with van der Waals surface area (Å²) >= 11 is 0. The Hall–Kier alpha value is -1.61. The smallest absolute Gasteiger partial charge is 0.126 e. The van der Waals surface area contributed by atoms with Crippen molar-refractivity contribution < 1.29 is 0 Å². The summed E-state index contributed by atoms with van der Waals surface area (Å²) in [5.41, 5.74) is 1.04. The van der Waals surface area contributed by atoms with Crippen LogP contribution in [0.3, 0.4) is 0 Å². The first kappa shape index (κ1) is 13.8. The predicted molar refractivity (Wildman–Crippen MR) is 82.5 cm³/mol. The van der Waals surface area contributed by atoms with Crippen LogP contribution in [0.25, 0.3) is 10.9 Å². The minimum Gasteiger partial charge on any atom is -0.368 e. The van der Waals surface area contributed by atoms with Gasteiger partial charge in [-0.25, -0.2) is 4.98 Å². The highest BCUT2D eigenvalue weighted by Crippen LogP contribution is 2.15. The average molecular weight is 257 g/mol. The van der Waals surface area contributed by atoms with Crippen molar-refractivity contribution in [3.05, 3.63) is 36.4 Å². The standard InChI is InChI=1S/C16H23N3/c1-12(2)15(19(3)4)11-17-16-10-9-13-7-5-6-8-14(13)18-16/h5-10,12,15H,11H2,1-4H3,(H,17,18). The summed E-state index contributed by atoms with van der Waals surface area (Å²) in [7, 11) is 4.25. The Morgan fingerprint density at radius 3 is 2.53 bits per heavy atom. The van der Waals surface area contributed by atoms with E-state index in [2.05, 4.69) is 61.3 Å². The molecule has 1 atom stereocenters. The molecule has 0 fully saturated rings. The maximum Gasteiger partial charge on any atom is 0.126 e. The molecule has 0 aliphatic heterocycles. The van der Waals surface area contributed by atoms with Crippen LogP contribution < -0.4 is 5.32 Å². The van der Waals surface area contributed by atoms with Crippen molar-refractivity contribution in [3.63, 3.8) is 0 Å². The molecule has 0 radical (unpaired) electrons. The summed E-state index contributed by atoms with van der Waals surface area (Å²) in [6.45, 7) is 5.41. The number of nitrogens with zero attached hydrogens (tertiary/aromatic N) is 2. The molecule has 102 valence electrons. The van der Waals surface area contributed by atoms with Gasteiger partial charge in [0.2, 0.25) is 0 Å². The summed E-state index contributed by atoms with van der Waals surface area (Å²) in [4.78, 5) is 6.90. The van der Waals surface area contributed by atoms with Crippen LogP contribution >= 0.6 is 0 Å². The summed E-state index contributed by atoms with van der Waals surface area (Å²) in [5.74, 6) is 1.56. The molecule has 1 aromatic carbocycles. The number of fused-ring (bicyclic) bond motifs is 1. The number of hydrogen-bond acceptors (Lipinski definition) is 3. The Morgan fingerprint density at radius 1 is 1.11 bits per heavy atom. The molecule has 1 unspecified atom stereocenters. The third-order valence-electron chi connectivity index (χ3n) is 3.52. The molecule has 19 heavy (non-hydrogen) atoms. The number of para-hydroxylation sites is 1. The van der Waals surface area contributed by atoms with Gasteiger partial charge in [0, 0.05) is 18.0 Å². The van der Waals surface area contributed by atoms with E-state index in [9.17, 15) is 0 Å². The Bertz CT molecular complexity index is 526. The van der Waals surface area contributed by atoms with Gasteiger partial charge in [-0.2, -0.15) is 0 Å². The molecule has 0 aliphatic rings. The van der Waals surface area contributed by atoms with E-state index in [1.165, 1.54) is 5.39 Å². The van der Waals surface area contributed by atoms with Gasteiger partial charge in [0.1, 0.15) is 5.82 Å². The zero-order chi connectivity index (χ0) is 13.8. The normalized spacial score (nSPS) is 13.2. The summed E-state index contributed by atoms with van der Waals surface area (Å²) in [6.07, 6.45) is 0. The van der Waals surface area contributed by atoms with Gasteiger partial charge in [0.25, 0.3) is 0 Å². The number of hydrogen-bond donors (Lipinski definition) is 1. The molecule has 0 bridgehead atoms. The first-order valence-electron chi connectivity index (χ1n) is 6.84. The number of nitrogens with one attached hydrogen (secondary N) is 1. The first-order valence-corrected chi connectivity index (χ1v) is 6.84. The zero-order valence-corrected chi connectivity index (χ0v) is 12.2. The van der Waals surface area contributed by atoms with E-state index in [4.69, 9.17) is 0 Å². The van der Waals surface area contributed by atoms with Gasteiger partial charge in [-0.3, -0.25) is 0 Å². The van der Waals surface area contributed by atoms with Gasteiger partial charge in [-0.1, -0.05) is 32.0 Å². The highest BCUT2D eigenvalue weighted by Gasteiger charge is 2.15. The highest BCUT2D eigenvalue weighted by atomic mass is 15.1. The van der Waals surface area contributed by atoms with Crippen LogP contribution in [0.2, 0.25) is 0 Å². The fourth-order valence-corrected chi connectivity index (χ4v) is 2.39. The maximum atomic E-state index is 4.64. The molecule has 1 heterocycles. The predicted octanol–water partition coefficient (Wildman–Crippen LogP) is 3.23. The molecule has 0 aliphatic carbocycles. The second-order valence-corrected chi connectivity index (χ2v) is 5.55. The van der Waals surface area contributed by atoms with Crippen LogP contribution in [0.4, 0.5) is 5.82 Å².